The molecule has 9 heteroatoms. The Bertz CT molecular complexity index is 1010. The number of carbonyl (C=O) groups is 1. The van der Waals surface area contributed by atoms with Gasteiger partial charge in [-0.05, 0) is 19.4 Å². The predicted octanol–water partition coefficient (Wildman–Crippen LogP) is 1.43. The minimum absolute atomic E-state index is 0.117. The molecule has 0 saturated heterocycles. The van der Waals surface area contributed by atoms with Crippen molar-refractivity contribution in [1.29, 1.82) is 0 Å². The topological polar surface area (TPSA) is 101 Å². The predicted molar refractivity (Wildman–Crippen MR) is 95.9 cm³/mol. The molecular formula is C18H19N5O4. The molecule has 2 aromatic heterocycles. The summed E-state index contributed by atoms with van der Waals surface area (Å²) in [7, 11) is 1.52. The molecular weight excluding hydrogens is 350 g/mol. The monoisotopic (exact) mass is 369 g/mol. The molecule has 140 valence electrons. The average Bonchev–Trinajstić information content (AvgIpc) is 3.09. The molecule has 27 heavy (non-hydrogen) atoms. The summed E-state index contributed by atoms with van der Waals surface area (Å²) in [6.07, 6.45) is 1.34. The normalized spacial score (nSPS) is 10.6. The first kappa shape index (κ1) is 18.3. The largest absolute Gasteiger partial charge is 0.481 e. The number of esters is 1. The van der Waals surface area contributed by atoms with Crippen molar-refractivity contribution in [2.75, 3.05) is 6.61 Å². The molecule has 0 N–H and O–H groups in total. The van der Waals surface area contributed by atoms with Crippen LogP contribution in [0.25, 0.3) is 5.95 Å². The lowest BCUT2D eigenvalue weighted by Gasteiger charge is -2.14. The van der Waals surface area contributed by atoms with Gasteiger partial charge in [-0.1, -0.05) is 30.3 Å². The number of rotatable bonds is 6. The molecule has 0 saturated carbocycles. The van der Waals surface area contributed by atoms with Crippen molar-refractivity contribution in [3.05, 3.63) is 64.1 Å². The zero-order valence-electron chi connectivity index (χ0n) is 15.2. The van der Waals surface area contributed by atoms with E-state index in [0.717, 1.165) is 5.56 Å². The number of nitrogens with zero attached hydrogens (tertiary/aromatic N) is 5. The molecule has 0 spiro atoms. The maximum atomic E-state index is 12.9. The highest BCUT2D eigenvalue weighted by Gasteiger charge is 2.24. The molecule has 3 rings (SSSR count). The molecule has 0 aliphatic heterocycles. The summed E-state index contributed by atoms with van der Waals surface area (Å²) >= 11 is 0. The first-order chi connectivity index (χ1) is 13.0. The van der Waals surface area contributed by atoms with Crippen molar-refractivity contribution < 1.29 is 14.3 Å². The summed E-state index contributed by atoms with van der Waals surface area (Å²) in [5.41, 5.74) is 0.139. The van der Waals surface area contributed by atoms with Crippen LogP contribution in [0.15, 0.2) is 41.5 Å². The summed E-state index contributed by atoms with van der Waals surface area (Å²) < 4.78 is 13.3. The highest BCUT2D eigenvalue weighted by molar-refractivity contribution is 5.90. The maximum absolute atomic E-state index is 12.9. The Kier molecular flexibility index (Phi) is 5.30. The Morgan fingerprint density at radius 1 is 1.22 bits per heavy atom. The summed E-state index contributed by atoms with van der Waals surface area (Å²) in [4.78, 5) is 33.6. The molecule has 9 nitrogen and oxygen atoms in total. The van der Waals surface area contributed by atoms with Gasteiger partial charge in [-0.3, -0.25) is 9.36 Å². The maximum Gasteiger partial charge on any atom is 0.361 e. The van der Waals surface area contributed by atoms with E-state index in [4.69, 9.17) is 9.47 Å². The number of hydrogen-bond donors (Lipinski definition) is 0. The molecule has 3 aromatic rings. The van der Waals surface area contributed by atoms with E-state index >= 15 is 0 Å². The Morgan fingerprint density at radius 2 is 1.96 bits per heavy atom. The molecule has 0 radical (unpaired) electrons. The second-order valence-electron chi connectivity index (χ2n) is 5.67. The Hall–Kier alpha value is -3.49. The molecule has 0 bridgehead atoms. The van der Waals surface area contributed by atoms with Crippen LogP contribution in [0.1, 0.15) is 28.8 Å². The van der Waals surface area contributed by atoms with E-state index in [1.54, 1.807) is 13.8 Å². The average molecular weight is 369 g/mol. The number of aryl methyl sites for hydroxylation is 1. The fourth-order valence-corrected chi connectivity index (χ4v) is 2.45. The van der Waals surface area contributed by atoms with Gasteiger partial charge in [0.1, 0.15) is 18.8 Å². The Morgan fingerprint density at radius 3 is 2.59 bits per heavy atom. The molecule has 0 aliphatic rings. The van der Waals surface area contributed by atoms with Gasteiger partial charge in [-0.15, -0.1) is 0 Å². The van der Waals surface area contributed by atoms with Crippen molar-refractivity contribution in [3.63, 3.8) is 0 Å². The first-order valence-electron chi connectivity index (χ1n) is 8.34. The van der Waals surface area contributed by atoms with E-state index in [0.29, 0.717) is 5.82 Å². The lowest BCUT2D eigenvalue weighted by Crippen LogP contribution is -2.29. The number of benzene rings is 1. The van der Waals surface area contributed by atoms with Gasteiger partial charge in [-0.25, -0.2) is 14.8 Å². The minimum Gasteiger partial charge on any atom is -0.481 e. The first-order valence-corrected chi connectivity index (χ1v) is 8.34. The van der Waals surface area contributed by atoms with E-state index < -0.39 is 11.5 Å². The molecule has 0 unspecified atom stereocenters. The summed E-state index contributed by atoms with van der Waals surface area (Å²) in [5.74, 6) is -0.242. The van der Waals surface area contributed by atoms with Crippen LogP contribution in [-0.4, -0.2) is 36.9 Å². The Labute approximate surface area is 155 Å². The van der Waals surface area contributed by atoms with Crippen LogP contribution in [0, 0.1) is 6.92 Å². The third kappa shape index (κ3) is 3.71. The smallest absolute Gasteiger partial charge is 0.361 e. The van der Waals surface area contributed by atoms with Gasteiger partial charge in [0.05, 0.1) is 6.61 Å². The number of carbonyl (C=O) groups excluding carboxylic acids is 1. The molecule has 0 amide bonds. The van der Waals surface area contributed by atoms with Crippen molar-refractivity contribution in [1.82, 2.24) is 24.3 Å². The van der Waals surface area contributed by atoms with Crippen LogP contribution in [0.2, 0.25) is 0 Å². The van der Waals surface area contributed by atoms with Crippen molar-refractivity contribution in [2.45, 2.75) is 20.5 Å². The zero-order valence-corrected chi connectivity index (χ0v) is 15.2. The van der Waals surface area contributed by atoms with Crippen LogP contribution in [0.4, 0.5) is 0 Å². The molecule has 0 aliphatic carbocycles. The molecule has 2 heterocycles. The fraction of sp³-hybridized carbons (Fsp3) is 0.278. The van der Waals surface area contributed by atoms with Gasteiger partial charge < -0.3 is 9.47 Å². The van der Waals surface area contributed by atoms with Crippen molar-refractivity contribution >= 4 is 5.97 Å². The molecule has 0 fully saturated rings. The number of hydrogen-bond acceptors (Lipinski definition) is 7. The molecule has 0 atom stereocenters. The van der Waals surface area contributed by atoms with Crippen LogP contribution in [0.3, 0.4) is 0 Å². The standard InChI is InChI=1S/C18H19N5O4/c1-4-26-17(25)14-15(27-10-13-8-6-5-7-9-13)16(24)22(3)18(21-14)23-12(2)19-11-20-23/h5-9,11H,4,10H2,1-3H3. The van der Waals surface area contributed by atoms with Gasteiger partial charge in [0.25, 0.3) is 5.56 Å². The van der Waals surface area contributed by atoms with E-state index in [9.17, 15) is 9.59 Å². The fourth-order valence-electron chi connectivity index (χ4n) is 2.45. The van der Waals surface area contributed by atoms with Crippen molar-refractivity contribution in [3.8, 4) is 11.7 Å². The van der Waals surface area contributed by atoms with Crippen LogP contribution in [0.5, 0.6) is 5.75 Å². The highest BCUT2D eigenvalue weighted by Crippen LogP contribution is 2.17. The van der Waals surface area contributed by atoms with Crippen LogP contribution in [-0.2, 0) is 18.4 Å². The van der Waals surface area contributed by atoms with Crippen molar-refractivity contribution in [2.24, 2.45) is 7.05 Å². The SMILES string of the molecule is CCOC(=O)c1nc(-n2ncnc2C)n(C)c(=O)c1OCc1ccccc1. The summed E-state index contributed by atoms with van der Waals surface area (Å²) in [6.45, 7) is 3.65. The quantitative estimate of drug-likeness (QED) is 0.606. The van der Waals surface area contributed by atoms with E-state index in [-0.39, 0.29) is 30.6 Å². The summed E-state index contributed by atoms with van der Waals surface area (Å²) in [5, 5.41) is 4.05. The van der Waals surface area contributed by atoms with Gasteiger partial charge in [-0.2, -0.15) is 9.78 Å². The lowest BCUT2D eigenvalue weighted by atomic mass is 10.2. The Balaban J connectivity index is 2.08. The van der Waals surface area contributed by atoms with Gasteiger partial charge >= 0.3 is 5.97 Å². The lowest BCUT2D eigenvalue weighted by molar-refractivity contribution is 0.0512. The second kappa shape index (κ2) is 7.81. The van der Waals surface area contributed by atoms with E-state index in [1.807, 2.05) is 30.3 Å². The number of ether oxygens (including phenoxy) is 2. The van der Waals surface area contributed by atoms with Crippen LogP contribution < -0.4 is 10.3 Å². The zero-order chi connectivity index (χ0) is 19.4. The van der Waals surface area contributed by atoms with Crippen LogP contribution >= 0.6 is 0 Å². The second-order valence-corrected chi connectivity index (χ2v) is 5.67. The highest BCUT2D eigenvalue weighted by atomic mass is 16.5. The number of aromatic nitrogens is 5. The minimum atomic E-state index is -0.739. The van der Waals surface area contributed by atoms with Gasteiger partial charge in [0, 0.05) is 7.05 Å². The van der Waals surface area contributed by atoms with Gasteiger partial charge in [0.2, 0.25) is 11.7 Å². The van der Waals surface area contributed by atoms with Gasteiger partial charge in [0.15, 0.2) is 5.69 Å². The summed E-state index contributed by atoms with van der Waals surface area (Å²) in [6, 6.07) is 9.31. The van der Waals surface area contributed by atoms with E-state index in [2.05, 4.69) is 15.1 Å². The third-order valence-electron chi connectivity index (χ3n) is 3.83. The molecule has 1 aromatic carbocycles. The third-order valence-corrected chi connectivity index (χ3v) is 3.83. The van der Waals surface area contributed by atoms with E-state index in [1.165, 1.54) is 22.6 Å².